The summed E-state index contributed by atoms with van der Waals surface area (Å²) in [5, 5.41) is 13.3. The molecule has 1 aliphatic rings. The Bertz CT molecular complexity index is 499. The van der Waals surface area contributed by atoms with E-state index in [0.29, 0.717) is 6.54 Å². The fraction of sp³-hybridized carbons (Fsp3) is 0.562. The van der Waals surface area contributed by atoms with E-state index in [9.17, 15) is 9.90 Å². The second-order valence-corrected chi connectivity index (χ2v) is 6.30. The summed E-state index contributed by atoms with van der Waals surface area (Å²) in [5.74, 6) is 0.0548. The number of carbonyl (C=O) groups is 1. The molecular formula is C16H24N2O2. The maximum atomic E-state index is 11.4. The third kappa shape index (κ3) is 2.80. The molecule has 0 aromatic heterocycles. The molecule has 0 bridgehead atoms. The van der Waals surface area contributed by atoms with E-state index < -0.39 is 0 Å². The van der Waals surface area contributed by atoms with Gasteiger partial charge in [-0.3, -0.25) is 4.79 Å². The minimum atomic E-state index is -0.243. The van der Waals surface area contributed by atoms with Gasteiger partial charge in [-0.25, -0.2) is 0 Å². The number of benzene rings is 1. The van der Waals surface area contributed by atoms with Gasteiger partial charge < -0.3 is 15.3 Å². The molecule has 1 aliphatic carbocycles. The molecule has 4 heteroatoms. The normalized spacial score (nSPS) is 23.9. The molecule has 1 aromatic rings. The van der Waals surface area contributed by atoms with Crippen LogP contribution < -0.4 is 5.32 Å². The van der Waals surface area contributed by atoms with Crippen molar-refractivity contribution in [1.29, 1.82) is 0 Å². The number of anilines is 1. The highest BCUT2D eigenvalue weighted by molar-refractivity contribution is 5.73. The fourth-order valence-electron chi connectivity index (χ4n) is 2.50. The van der Waals surface area contributed by atoms with E-state index in [1.807, 2.05) is 24.3 Å². The van der Waals surface area contributed by atoms with E-state index in [4.69, 9.17) is 0 Å². The van der Waals surface area contributed by atoms with E-state index >= 15 is 0 Å². The van der Waals surface area contributed by atoms with Gasteiger partial charge in [-0.2, -0.15) is 0 Å². The molecule has 0 saturated heterocycles. The Morgan fingerprint density at radius 1 is 1.45 bits per heavy atom. The molecular weight excluding hydrogens is 252 g/mol. The second kappa shape index (κ2) is 5.44. The monoisotopic (exact) mass is 276 g/mol. The van der Waals surface area contributed by atoms with Crippen molar-refractivity contribution in [1.82, 2.24) is 4.90 Å². The first kappa shape index (κ1) is 14.9. The van der Waals surface area contributed by atoms with Crippen molar-refractivity contribution in [2.45, 2.75) is 45.9 Å². The summed E-state index contributed by atoms with van der Waals surface area (Å²) in [6.45, 7) is 6.31. The number of aliphatic hydroxyl groups is 1. The molecule has 0 spiro atoms. The Kier molecular flexibility index (Phi) is 4.04. The Labute approximate surface area is 120 Å². The average Bonchev–Trinajstić information content (AvgIpc) is 2.40. The molecule has 0 radical (unpaired) electrons. The fourth-order valence-corrected chi connectivity index (χ4v) is 2.50. The first-order valence-corrected chi connectivity index (χ1v) is 7.06. The van der Waals surface area contributed by atoms with Crippen LogP contribution in [-0.4, -0.2) is 35.1 Å². The van der Waals surface area contributed by atoms with Crippen molar-refractivity contribution < 1.29 is 9.90 Å². The molecule has 2 rings (SSSR count). The lowest BCUT2D eigenvalue weighted by molar-refractivity contribution is -0.128. The summed E-state index contributed by atoms with van der Waals surface area (Å²) < 4.78 is 0. The van der Waals surface area contributed by atoms with Gasteiger partial charge in [0.2, 0.25) is 5.91 Å². The number of para-hydroxylation sites is 1. The molecule has 0 heterocycles. The smallest absolute Gasteiger partial charge is 0.219 e. The average molecular weight is 276 g/mol. The predicted molar refractivity (Wildman–Crippen MR) is 80.4 cm³/mol. The number of nitrogens with zero attached hydrogens (tertiary/aromatic N) is 1. The zero-order valence-corrected chi connectivity index (χ0v) is 12.7. The summed E-state index contributed by atoms with van der Waals surface area (Å²) in [5.41, 5.74) is 2.03. The largest absolute Gasteiger partial charge is 0.392 e. The minimum Gasteiger partial charge on any atom is -0.392 e. The SMILES string of the molecule is CC(=O)N(C)Cc1ccccc1NC1CC(O)C1(C)C. The number of hydrogen-bond acceptors (Lipinski definition) is 3. The summed E-state index contributed by atoms with van der Waals surface area (Å²) in [7, 11) is 1.80. The Morgan fingerprint density at radius 3 is 2.65 bits per heavy atom. The van der Waals surface area contributed by atoms with Crippen LogP contribution in [0.3, 0.4) is 0 Å². The second-order valence-electron chi connectivity index (χ2n) is 6.30. The molecule has 1 saturated carbocycles. The van der Waals surface area contributed by atoms with Gasteiger partial charge in [0.05, 0.1) is 6.10 Å². The number of hydrogen-bond donors (Lipinski definition) is 2. The lowest BCUT2D eigenvalue weighted by Crippen LogP contribution is -2.57. The van der Waals surface area contributed by atoms with E-state index in [0.717, 1.165) is 17.7 Å². The molecule has 110 valence electrons. The van der Waals surface area contributed by atoms with Crippen molar-refractivity contribution in [2.24, 2.45) is 5.41 Å². The number of carbonyl (C=O) groups excluding carboxylic acids is 1. The molecule has 1 aromatic carbocycles. The molecule has 20 heavy (non-hydrogen) atoms. The predicted octanol–water partition coefficient (Wildman–Crippen LogP) is 2.24. The van der Waals surface area contributed by atoms with Crippen LogP contribution >= 0.6 is 0 Å². The highest BCUT2D eigenvalue weighted by atomic mass is 16.3. The van der Waals surface area contributed by atoms with E-state index in [1.54, 1.807) is 18.9 Å². The van der Waals surface area contributed by atoms with Crippen molar-refractivity contribution in [3.63, 3.8) is 0 Å². The summed E-state index contributed by atoms with van der Waals surface area (Å²) in [6, 6.07) is 8.30. The van der Waals surface area contributed by atoms with Crippen LogP contribution in [0.1, 0.15) is 32.8 Å². The maximum absolute atomic E-state index is 11.4. The van der Waals surface area contributed by atoms with Gasteiger partial charge in [-0.1, -0.05) is 32.0 Å². The number of rotatable bonds is 4. The van der Waals surface area contributed by atoms with Crippen LogP contribution in [0.5, 0.6) is 0 Å². The molecule has 0 aliphatic heterocycles. The summed E-state index contributed by atoms with van der Waals surface area (Å²) in [4.78, 5) is 13.1. The van der Waals surface area contributed by atoms with Crippen molar-refractivity contribution in [3.8, 4) is 0 Å². The quantitative estimate of drug-likeness (QED) is 0.886. The van der Waals surface area contributed by atoms with Gasteiger partial charge in [0.15, 0.2) is 0 Å². The van der Waals surface area contributed by atoms with Crippen LogP contribution in [0.2, 0.25) is 0 Å². The van der Waals surface area contributed by atoms with Crippen LogP contribution in [0.15, 0.2) is 24.3 Å². The van der Waals surface area contributed by atoms with Gasteiger partial charge in [-0.05, 0) is 18.1 Å². The van der Waals surface area contributed by atoms with Crippen molar-refractivity contribution in [2.75, 3.05) is 12.4 Å². The lowest BCUT2D eigenvalue weighted by Gasteiger charge is -2.50. The van der Waals surface area contributed by atoms with Gasteiger partial charge in [0, 0.05) is 37.7 Å². The first-order chi connectivity index (χ1) is 9.32. The van der Waals surface area contributed by atoms with E-state index in [2.05, 4.69) is 19.2 Å². The number of amides is 1. The minimum absolute atomic E-state index is 0.0548. The first-order valence-electron chi connectivity index (χ1n) is 7.06. The topological polar surface area (TPSA) is 52.6 Å². The lowest BCUT2D eigenvalue weighted by atomic mass is 9.64. The van der Waals surface area contributed by atoms with Gasteiger partial charge in [0.1, 0.15) is 0 Å². The summed E-state index contributed by atoms with van der Waals surface area (Å²) in [6.07, 6.45) is 0.524. The van der Waals surface area contributed by atoms with Gasteiger partial charge in [-0.15, -0.1) is 0 Å². The Balaban J connectivity index is 2.11. The van der Waals surface area contributed by atoms with Crippen LogP contribution in [0.4, 0.5) is 5.69 Å². The molecule has 2 atom stereocenters. The maximum Gasteiger partial charge on any atom is 0.219 e. The van der Waals surface area contributed by atoms with Crippen LogP contribution in [-0.2, 0) is 11.3 Å². The molecule has 4 nitrogen and oxygen atoms in total. The molecule has 2 N–H and O–H groups in total. The third-order valence-corrected chi connectivity index (χ3v) is 4.51. The van der Waals surface area contributed by atoms with E-state index in [1.165, 1.54) is 0 Å². The molecule has 1 amide bonds. The van der Waals surface area contributed by atoms with Crippen LogP contribution in [0, 0.1) is 5.41 Å². The zero-order valence-electron chi connectivity index (χ0n) is 12.7. The van der Waals surface area contributed by atoms with E-state index in [-0.39, 0.29) is 23.5 Å². The third-order valence-electron chi connectivity index (χ3n) is 4.51. The highest BCUT2D eigenvalue weighted by Gasteiger charge is 2.47. The van der Waals surface area contributed by atoms with Gasteiger partial charge in [0.25, 0.3) is 0 Å². The molecule has 1 fully saturated rings. The number of nitrogens with one attached hydrogen (secondary N) is 1. The van der Waals surface area contributed by atoms with Crippen molar-refractivity contribution >= 4 is 11.6 Å². The zero-order chi connectivity index (χ0) is 14.9. The van der Waals surface area contributed by atoms with Gasteiger partial charge >= 0.3 is 0 Å². The standard InChI is InChI=1S/C16H24N2O2/c1-11(19)18(4)10-12-7-5-6-8-13(12)17-14-9-15(20)16(14,2)3/h5-8,14-15,17,20H,9-10H2,1-4H3. The Morgan fingerprint density at radius 2 is 2.10 bits per heavy atom. The van der Waals surface area contributed by atoms with Crippen LogP contribution in [0.25, 0.3) is 0 Å². The highest BCUT2D eigenvalue weighted by Crippen LogP contribution is 2.42. The Hall–Kier alpha value is -1.55. The molecule has 2 unspecified atom stereocenters. The summed E-state index contributed by atoms with van der Waals surface area (Å²) >= 11 is 0. The van der Waals surface area contributed by atoms with Crippen molar-refractivity contribution in [3.05, 3.63) is 29.8 Å². The number of aliphatic hydroxyl groups excluding tert-OH is 1.